The lowest BCUT2D eigenvalue weighted by Gasteiger charge is -2.08. The van der Waals surface area contributed by atoms with Crippen LogP contribution < -0.4 is 10.1 Å². The first-order valence-electron chi connectivity index (χ1n) is 11.3. The van der Waals surface area contributed by atoms with Gasteiger partial charge in [-0.1, -0.05) is 35.9 Å². The van der Waals surface area contributed by atoms with Gasteiger partial charge in [-0.25, -0.2) is 14.2 Å². The molecular formula is C26H27N5O4. The highest BCUT2D eigenvalue weighted by Gasteiger charge is 2.22. The highest BCUT2D eigenvalue weighted by atomic mass is 16.5. The molecule has 1 N–H and O–H groups in total. The molecule has 0 saturated carbocycles. The number of benzene rings is 2. The minimum Gasteiger partial charge on any atom is -0.480 e. The molecule has 2 aromatic carbocycles. The van der Waals surface area contributed by atoms with Crippen LogP contribution in [0.15, 0.2) is 60.8 Å². The van der Waals surface area contributed by atoms with Crippen molar-refractivity contribution in [3.8, 4) is 17.1 Å². The van der Waals surface area contributed by atoms with Crippen molar-refractivity contribution in [3.05, 3.63) is 83.4 Å². The summed E-state index contributed by atoms with van der Waals surface area (Å²) in [6.45, 7) is 7.33. The molecule has 0 atom stereocenters. The molecule has 2 heterocycles. The lowest BCUT2D eigenvalue weighted by Crippen LogP contribution is -2.21. The third-order valence-corrected chi connectivity index (χ3v) is 5.36. The van der Waals surface area contributed by atoms with Crippen LogP contribution in [-0.4, -0.2) is 44.7 Å². The number of hydrogen-bond donors (Lipinski definition) is 1. The van der Waals surface area contributed by atoms with Gasteiger partial charge in [0.15, 0.2) is 12.4 Å². The van der Waals surface area contributed by atoms with E-state index < -0.39 is 5.97 Å². The van der Waals surface area contributed by atoms with Crippen LogP contribution in [-0.2, 0) is 9.53 Å². The second-order valence-electron chi connectivity index (χ2n) is 7.97. The number of aryl methyl sites for hydroxylation is 2. The average molecular weight is 474 g/mol. The number of nitrogens with zero attached hydrogens (tertiary/aromatic N) is 4. The van der Waals surface area contributed by atoms with Crippen LogP contribution in [0.2, 0.25) is 0 Å². The third-order valence-electron chi connectivity index (χ3n) is 5.36. The molecule has 2 aromatic heterocycles. The number of carbonyl (C=O) groups is 2. The van der Waals surface area contributed by atoms with Crippen LogP contribution >= 0.6 is 0 Å². The van der Waals surface area contributed by atoms with Gasteiger partial charge in [0.2, 0.25) is 5.69 Å². The monoisotopic (exact) mass is 473 g/mol. The molecule has 35 heavy (non-hydrogen) atoms. The highest BCUT2D eigenvalue weighted by molar-refractivity contribution is 5.94. The molecule has 1 amide bonds. The van der Waals surface area contributed by atoms with Crippen molar-refractivity contribution in [2.45, 2.75) is 27.7 Å². The zero-order chi connectivity index (χ0) is 24.9. The van der Waals surface area contributed by atoms with E-state index in [1.165, 1.54) is 4.68 Å². The van der Waals surface area contributed by atoms with Gasteiger partial charge in [0.25, 0.3) is 5.91 Å². The smallest absolute Gasteiger partial charge is 0.362 e. The quantitative estimate of drug-likeness (QED) is 0.386. The minimum absolute atomic E-state index is 0.00283. The Kier molecular flexibility index (Phi) is 6.96. The molecule has 0 spiro atoms. The largest absolute Gasteiger partial charge is 0.480 e. The highest BCUT2D eigenvalue weighted by Crippen LogP contribution is 2.24. The summed E-state index contributed by atoms with van der Waals surface area (Å²) in [5.41, 5.74) is 4.89. The number of amides is 1. The third kappa shape index (κ3) is 5.24. The van der Waals surface area contributed by atoms with E-state index in [1.54, 1.807) is 17.8 Å². The topological polar surface area (TPSA) is 100 Å². The number of rotatable bonds is 8. The summed E-state index contributed by atoms with van der Waals surface area (Å²) in [6.07, 6.45) is 1.56. The fourth-order valence-electron chi connectivity index (χ4n) is 3.60. The van der Waals surface area contributed by atoms with Gasteiger partial charge in [0, 0.05) is 0 Å². The van der Waals surface area contributed by atoms with Gasteiger partial charge in [-0.2, -0.15) is 10.2 Å². The van der Waals surface area contributed by atoms with Crippen LogP contribution in [0.25, 0.3) is 11.4 Å². The van der Waals surface area contributed by atoms with Crippen molar-refractivity contribution in [1.82, 2.24) is 19.6 Å². The molecule has 0 fully saturated rings. The van der Waals surface area contributed by atoms with Gasteiger partial charge < -0.3 is 14.8 Å². The maximum atomic E-state index is 12.7. The molecule has 0 aliphatic rings. The average Bonchev–Trinajstić information content (AvgIpc) is 3.41. The van der Waals surface area contributed by atoms with Crippen molar-refractivity contribution in [1.29, 1.82) is 0 Å². The standard InChI is InChI=1S/C26H27N5O4/c1-5-34-26(33)25-22(15-30(29-25)20-9-7-6-8-10-20)35-16-23(32)27-24-18(3)28-31(19(24)4)21-13-11-17(2)12-14-21/h6-15H,5,16H2,1-4H3,(H,27,32). The van der Waals surface area contributed by atoms with Crippen LogP contribution in [0, 0.1) is 20.8 Å². The van der Waals surface area contributed by atoms with Crippen LogP contribution in [0.5, 0.6) is 5.75 Å². The van der Waals surface area contributed by atoms with Crippen molar-refractivity contribution in [2.75, 3.05) is 18.5 Å². The van der Waals surface area contributed by atoms with E-state index >= 15 is 0 Å². The fraction of sp³-hybridized carbons (Fsp3) is 0.231. The van der Waals surface area contributed by atoms with Gasteiger partial charge in [-0.05, 0) is 52.0 Å². The second kappa shape index (κ2) is 10.3. The first-order valence-corrected chi connectivity index (χ1v) is 11.3. The SMILES string of the molecule is CCOC(=O)c1nn(-c2ccccc2)cc1OCC(=O)Nc1c(C)nn(-c2ccc(C)cc2)c1C. The van der Waals surface area contributed by atoms with E-state index in [-0.39, 0.29) is 30.6 Å². The van der Waals surface area contributed by atoms with Crippen LogP contribution in [0.3, 0.4) is 0 Å². The number of nitrogens with one attached hydrogen (secondary N) is 1. The van der Waals surface area contributed by atoms with Gasteiger partial charge >= 0.3 is 5.97 Å². The molecule has 4 aromatic rings. The molecule has 0 aliphatic carbocycles. The van der Waals surface area contributed by atoms with Gasteiger partial charge in [-0.3, -0.25) is 4.79 Å². The maximum absolute atomic E-state index is 12.7. The van der Waals surface area contributed by atoms with Gasteiger partial charge in [-0.15, -0.1) is 0 Å². The zero-order valence-corrected chi connectivity index (χ0v) is 20.1. The maximum Gasteiger partial charge on any atom is 0.362 e. The number of esters is 1. The summed E-state index contributed by atoms with van der Waals surface area (Å²) in [5, 5.41) is 11.7. The number of para-hydroxylation sites is 1. The molecule has 9 nitrogen and oxygen atoms in total. The molecule has 180 valence electrons. The van der Waals surface area contributed by atoms with E-state index in [9.17, 15) is 9.59 Å². The zero-order valence-electron chi connectivity index (χ0n) is 20.1. The fourth-order valence-corrected chi connectivity index (χ4v) is 3.60. The Morgan fingerprint density at radius 1 is 0.943 bits per heavy atom. The van der Waals surface area contributed by atoms with Crippen molar-refractivity contribution in [3.63, 3.8) is 0 Å². The molecule has 4 rings (SSSR count). The number of hydrogen-bond acceptors (Lipinski definition) is 6. The molecule has 9 heteroatoms. The summed E-state index contributed by atoms with van der Waals surface area (Å²) < 4.78 is 14.1. The molecule has 0 aliphatic heterocycles. The number of aromatic nitrogens is 4. The molecule has 0 saturated heterocycles. The van der Waals surface area contributed by atoms with E-state index in [0.717, 1.165) is 22.6 Å². The number of carbonyl (C=O) groups excluding carboxylic acids is 2. The summed E-state index contributed by atoms with van der Waals surface area (Å²) in [6, 6.07) is 17.3. The molecular weight excluding hydrogens is 446 g/mol. The summed E-state index contributed by atoms with van der Waals surface area (Å²) in [5.74, 6) is -0.850. The van der Waals surface area contributed by atoms with Crippen molar-refractivity contribution >= 4 is 17.6 Å². The van der Waals surface area contributed by atoms with E-state index in [4.69, 9.17) is 9.47 Å². The molecule has 0 bridgehead atoms. The number of anilines is 1. The van der Waals surface area contributed by atoms with Crippen molar-refractivity contribution < 1.29 is 19.1 Å². The summed E-state index contributed by atoms with van der Waals surface area (Å²) in [4.78, 5) is 25.2. The summed E-state index contributed by atoms with van der Waals surface area (Å²) in [7, 11) is 0. The Bertz CT molecular complexity index is 1340. The van der Waals surface area contributed by atoms with Crippen LogP contribution in [0.1, 0.15) is 34.4 Å². The van der Waals surface area contributed by atoms with E-state index in [1.807, 2.05) is 75.4 Å². The van der Waals surface area contributed by atoms with Gasteiger partial charge in [0.1, 0.15) is 0 Å². The Balaban J connectivity index is 1.50. The summed E-state index contributed by atoms with van der Waals surface area (Å²) >= 11 is 0. The van der Waals surface area contributed by atoms with Gasteiger partial charge in [0.05, 0.1) is 41.3 Å². The Hall–Kier alpha value is -4.40. The Morgan fingerprint density at radius 2 is 1.66 bits per heavy atom. The first kappa shape index (κ1) is 23.7. The predicted octanol–water partition coefficient (Wildman–Crippen LogP) is 4.18. The predicted molar refractivity (Wildman–Crippen MR) is 131 cm³/mol. The van der Waals surface area contributed by atoms with E-state index in [2.05, 4.69) is 15.5 Å². The molecule has 0 radical (unpaired) electrons. The Morgan fingerprint density at radius 3 is 2.34 bits per heavy atom. The lowest BCUT2D eigenvalue weighted by molar-refractivity contribution is -0.118. The second-order valence-corrected chi connectivity index (χ2v) is 7.97. The van der Waals surface area contributed by atoms with Crippen molar-refractivity contribution in [2.24, 2.45) is 0 Å². The lowest BCUT2D eigenvalue weighted by atomic mass is 10.2. The first-order chi connectivity index (χ1) is 16.9. The number of ether oxygens (including phenoxy) is 2. The minimum atomic E-state index is -0.622. The normalized spacial score (nSPS) is 10.7. The Labute approximate surface area is 203 Å². The van der Waals surface area contributed by atoms with Crippen LogP contribution in [0.4, 0.5) is 5.69 Å². The molecule has 0 unspecified atom stereocenters. The van der Waals surface area contributed by atoms with E-state index in [0.29, 0.717) is 11.4 Å².